The summed E-state index contributed by atoms with van der Waals surface area (Å²) >= 11 is 0. The number of fused-ring (bicyclic) bond motifs is 2. The first kappa shape index (κ1) is 21.1. The fraction of sp³-hybridized carbons (Fsp3) is 0.350. The number of nitro benzene ring substituents is 1. The first-order valence-corrected chi connectivity index (χ1v) is 11.3. The number of hydrogen-bond acceptors (Lipinski definition) is 7. The molecule has 0 saturated heterocycles. The van der Waals surface area contributed by atoms with Crippen LogP contribution in [0.25, 0.3) is 0 Å². The van der Waals surface area contributed by atoms with Crippen molar-refractivity contribution in [2.24, 2.45) is 0 Å². The maximum Gasteiger partial charge on any atom is 0.271 e. The van der Waals surface area contributed by atoms with E-state index in [-0.39, 0.29) is 29.5 Å². The van der Waals surface area contributed by atoms with Gasteiger partial charge in [0, 0.05) is 44.1 Å². The van der Waals surface area contributed by atoms with Gasteiger partial charge in [0.2, 0.25) is 15.9 Å². The van der Waals surface area contributed by atoms with Crippen molar-refractivity contribution in [3.63, 3.8) is 0 Å². The number of benzene rings is 2. The van der Waals surface area contributed by atoms with Crippen molar-refractivity contribution in [3.8, 4) is 11.5 Å². The second-order valence-electron chi connectivity index (χ2n) is 7.17. The van der Waals surface area contributed by atoms with Crippen molar-refractivity contribution in [2.45, 2.75) is 24.2 Å². The van der Waals surface area contributed by atoms with E-state index in [0.717, 1.165) is 5.56 Å². The molecule has 0 aromatic heterocycles. The summed E-state index contributed by atoms with van der Waals surface area (Å²) in [5, 5.41) is 11.0. The molecular weight excluding hydrogens is 426 g/mol. The first-order chi connectivity index (χ1) is 14.8. The number of nitrogens with zero attached hydrogens (tertiary/aromatic N) is 2. The summed E-state index contributed by atoms with van der Waals surface area (Å²) in [6.07, 6.45) is 1.23. The van der Waals surface area contributed by atoms with E-state index in [1.807, 2.05) is 0 Å². The third-order valence-corrected chi connectivity index (χ3v) is 6.60. The van der Waals surface area contributed by atoms with Crippen LogP contribution in [0.5, 0.6) is 11.5 Å². The van der Waals surface area contributed by atoms with E-state index in [1.165, 1.54) is 29.2 Å². The number of hydrogen-bond donors (Lipinski definition) is 1. The number of anilines is 1. The van der Waals surface area contributed by atoms with Crippen LogP contribution in [-0.4, -0.2) is 45.6 Å². The summed E-state index contributed by atoms with van der Waals surface area (Å²) in [5.74, 6) is 0.556. The van der Waals surface area contributed by atoms with E-state index in [2.05, 4.69) is 4.72 Å². The number of carbonyl (C=O) groups excluding carboxylic acids is 1. The number of nitro groups is 1. The van der Waals surface area contributed by atoms with Crippen LogP contribution >= 0.6 is 0 Å². The number of rotatable bonds is 6. The van der Waals surface area contributed by atoms with Crippen LogP contribution in [-0.2, 0) is 21.2 Å². The van der Waals surface area contributed by atoms with Crippen molar-refractivity contribution in [3.05, 3.63) is 52.1 Å². The normalized spacial score (nSPS) is 15.3. The smallest absolute Gasteiger partial charge is 0.271 e. The van der Waals surface area contributed by atoms with Gasteiger partial charge in [-0.1, -0.05) is 6.07 Å². The Morgan fingerprint density at radius 3 is 2.68 bits per heavy atom. The molecule has 2 heterocycles. The zero-order chi connectivity index (χ0) is 22.0. The Kier molecular flexibility index (Phi) is 5.79. The second kappa shape index (κ2) is 8.52. The van der Waals surface area contributed by atoms with Gasteiger partial charge < -0.3 is 14.4 Å². The molecule has 0 saturated carbocycles. The lowest BCUT2D eigenvalue weighted by Crippen LogP contribution is -2.33. The molecule has 1 amide bonds. The third kappa shape index (κ3) is 4.47. The predicted octanol–water partition coefficient (Wildman–Crippen LogP) is 2.01. The summed E-state index contributed by atoms with van der Waals surface area (Å²) in [7, 11) is -3.85. The Labute approximate surface area is 179 Å². The van der Waals surface area contributed by atoms with Gasteiger partial charge in [0.1, 0.15) is 0 Å². The summed E-state index contributed by atoms with van der Waals surface area (Å²) in [6.45, 7) is 1.25. The quantitative estimate of drug-likeness (QED) is 0.530. The minimum atomic E-state index is -3.85. The number of ether oxygens (including phenoxy) is 2. The molecular formula is C20H21N3O7S. The van der Waals surface area contributed by atoms with E-state index in [4.69, 9.17) is 9.47 Å². The molecule has 4 rings (SSSR count). The molecule has 2 aromatic rings. The Hall–Kier alpha value is -3.18. The van der Waals surface area contributed by atoms with Crippen molar-refractivity contribution < 1.29 is 27.6 Å². The van der Waals surface area contributed by atoms with Crippen molar-refractivity contribution in [2.75, 3.05) is 31.2 Å². The summed E-state index contributed by atoms with van der Waals surface area (Å²) in [6, 6.07) is 8.81. The Morgan fingerprint density at radius 1 is 1.13 bits per heavy atom. The van der Waals surface area contributed by atoms with Gasteiger partial charge in [0.05, 0.1) is 28.7 Å². The predicted molar refractivity (Wildman–Crippen MR) is 111 cm³/mol. The third-order valence-electron chi connectivity index (χ3n) is 5.14. The molecule has 0 aliphatic carbocycles. The molecule has 164 valence electrons. The molecule has 11 heteroatoms. The number of nitrogens with one attached hydrogen (secondary N) is 1. The molecule has 0 bridgehead atoms. The molecule has 2 aromatic carbocycles. The van der Waals surface area contributed by atoms with Crippen molar-refractivity contribution in [1.29, 1.82) is 0 Å². The molecule has 0 radical (unpaired) electrons. The molecule has 31 heavy (non-hydrogen) atoms. The van der Waals surface area contributed by atoms with Gasteiger partial charge in [0.25, 0.3) is 5.69 Å². The van der Waals surface area contributed by atoms with Gasteiger partial charge >= 0.3 is 0 Å². The van der Waals surface area contributed by atoms with E-state index < -0.39 is 14.9 Å². The summed E-state index contributed by atoms with van der Waals surface area (Å²) in [5.41, 5.74) is 1.27. The van der Waals surface area contributed by atoms with Crippen LogP contribution in [0.3, 0.4) is 0 Å². The topological polar surface area (TPSA) is 128 Å². The second-order valence-corrected chi connectivity index (χ2v) is 8.94. The van der Waals surface area contributed by atoms with Crippen LogP contribution in [0.1, 0.15) is 18.4 Å². The summed E-state index contributed by atoms with van der Waals surface area (Å²) < 4.78 is 38.7. The highest BCUT2D eigenvalue weighted by Crippen LogP contribution is 2.33. The molecule has 0 atom stereocenters. The largest absolute Gasteiger partial charge is 0.490 e. The molecule has 2 aliphatic heterocycles. The van der Waals surface area contributed by atoms with Crippen LogP contribution in [0.4, 0.5) is 11.4 Å². The van der Waals surface area contributed by atoms with Gasteiger partial charge in [-0.2, -0.15) is 0 Å². The van der Waals surface area contributed by atoms with Gasteiger partial charge in [-0.15, -0.1) is 0 Å². The van der Waals surface area contributed by atoms with Crippen LogP contribution < -0.4 is 19.1 Å². The zero-order valence-electron chi connectivity index (χ0n) is 16.6. The zero-order valence-corrected chi connectivity index (χ0v) is 17.4. The lowest BCUT2D eigenvalue weighted by Gasteiger charge is -2.17. The Bertz CT molecular complexity index is 1130. The maximum absolute atomic E-state index is 12.6. The fourth-order valence-corrected chi connectivity index (χ4v) is 4.61. The number of carbonyl (C=O) groups is 1. The molecule has 0 unspecified atom stereocenters. The van der Waals surface area contributed by atoms with E-state index >= 15 is 0 Å². The number of non-ortho nitro benzene ring substituents is 1. The minimum absolute atomic E-state index is 0.0198. The highest BCUT2D eigenvalue weighted by molar-refractivity contribution is 7.89. The molecule has 2 aliphatic rings. The monoisotopic (exact) mass is 447 g/mol. The Morgan fingerprint density at radius 2 is 1.90 bits per heavy atom. The summed E-state index contributed by atoms with van der Waals surface area (Å²) in [4.78, 5) is 24.6. The Balaban J connectivity index is 1.40. The minimum Gasteiger partial charge on any atom is -0.490 e. The highest BCUT2D eigenvalue weighted by atomic mass is 32.2. The average Bonchev–Trinajstić information content (AvgIpc) is 3.02. The highest BCUT2D eigenvalue weighted by Gasteiger charge is 2.27. The molecule has 0 spiro atoms. The van der Waals surface area contributed by atoms with Crippen LogP contribution in [0, 0.1) is 10.1 Å². The fourth-order valence-electron chi connectivity index (χ4n) is 3.56. The lowest BCUT2D eigenvalue weighted by atomic mass is 10.1. The van der Waals surface area contributed by atoms with Gasteiger partial charge in [0.15, 0.2) is 11.5 Å². The van der Waals surface area contributed by atoms with E-state index in [1.54, 1.807) is 12.1 Å². The molecule has 1 N–H and O–H groups in total. The van der Waals surface area contributed by atoms with E-state index in [9.17, 15) is 23.3 Å². The lowest BCUT2D eigenvalue weighted by molar-refractivity contribution is -0.384. The van der Waals surface area contributed by atoms with Crippen LogP contribution in [0.2, 0.25) is 0 Å². The first-order valence-electron chi connectivity index (χ1n) is 9.82. The van der Waals surface area contributed by atoms with Crippen LogP contribution in [0.15, 0.2) is 41.3 Å². The molecule has 0 fully saturated rings. The number of sulfonamides is 1. The van der Waals surface area contributed by atoms with Gasteiger partial charge in [-0.3, -0.25) is 14.9 Å². The van der Waals surface area contributed by atoms with Crippen molar-refractivity contribution >= 4 is 27.3 Å². The molecule has 10 nitrogen and oxygen atoms in total. The number of amides is 1. The van der Waals surface area contributed by atoms with E-state index in [0.29, 0.717) is 49.8 Å². The average molecular weight is 447 g/mol. The SMILES string of the molecule is O=C(CCNS(=O)(=O)c1ccc2c(c1)OCCCO2)N1CCc2ccc([N+](=O)[O-])cc21. The standard InChI is InChI=1S/C20H21N3O7S/c24-20(22-9-7-14-2-3-15(23(25)26)12-17(14)22)6-8-21-31(27,28)16-4-5-18-19(13-16)30-11-1-10-29-18/h2-5,12-13,21H,1,6-11H2. The van der Waals surface area contributed by atoms with Gasteiger partial charge in [-0.05, 0) is 24.1 Å². The van der Waals surface area contributed by atoms with Gasteiger partial charge in [-0.25, -0.2) is 13.1 Å². The van der Waals surface area contributed by atoms with Crippen molar-refractivity contribution in [1.82, 2.24) is 4.72 Å². The maximum atomic E-state index is 12.6.